The van der Waals surface area contributed by atoms with Crippen LogP contribution in [0, 0.1) is 5.41 Å². The first-order chi connectivity index (χ1) is 7.58. The molecule has 2 unspecified atom stereocenters. The molecule has 0 nitrogen and oxygen atoms in total. The maximum atomic E-state index is 3.19. The summed E-state index contributed by atoms with van der Waals surface area (Å²) in [4.78, 5) is 0.426. The fraction of sp³-hybridized carbons (Fsp3) is 1.00. The molecule has 2 atom stereocenters. The Morgan fingerprint density at radius 3 is 1.81 bits per heavy atom. The van der Waals surface area contributed by atoms with Crippen LogP contribution in [0.15, 0.2) is 0 Å². The minimum atomic E-state index is 0.426. The molecule has 0 N–H and O–H groups in total. The molecule has 0 aromatic carbocycles. The number of hydrogen-bond acceptors (Lipinski definition) is 0. The molecule has 0 saturated heterocycles. The molecule has 0 radical (unpaired) electrons. The van der Waals surface area contributed by atoms with Gasteiger partial charge < -0.3 is 0 Å². The topological polar surface area (TPSA) is 0 Å². The zero-order valence-electron chi connectivity index (χ0n) is 11.2. The van der Waals surface area contributed by atoms with E-state index in [1.54, 1.807) is 0 Å². The molecule has 2 heteroatoms. The highest BCUT2D eigenvalue weighted by Crippen LogP contribution is 2.59. The summed E-state index contributed by atoms with van der Waals surface area (Å²) in [7, 11) is 6.37. The van der Waals surface area contributed by atoms with Crippen molar-refractivity contribution in [2.45, 2.75) is 83.0 Å². The predicted octanol–water partition coefficient (Wildman–Crippen LogP) is 5.37. The van der Waals surface area contributed by atoms with E-state index in [-0.39, 0.29) is 0 Å². The molecular weight excluding hydrogens is 230 g/mol. The van der Waals surface area contributed by atoms with Crippen LogP contribution in [0.5, 0.6) is 0 Å². The lowest BCUT2D eigenvalue weighted by molar-refractivity contribution is 0.140. The van der Waals surface area contributed by atoms with Crippen molar-refractivity contribution in [2.75, 3.05) is 0 Å². The summed E-state index contributed by atoms with van der Waals surface area (Å²) in [6.07, 6.45) is 14.1. The number of unbranched alkanes of at least 4 members (excludes halogenated alkanes) is 2. The van der Waals surface area contributed by atoms with Crippen molar-refractivity contribution in [2.24, 2.45) is 5.41 Å². The summed E-state index contributed by atoms with van der Waals surface area (Å²) in [5.74, 6) is 0. The second-order valence-corrected chi connectivity index (χ2v) is 8.46. The highest BCUT2D eigenvalue weighted by atomic mass is 31.1. The Morgan fingerprint density at radius 2 is 1.38 bits per heavy atom. The van der Waals surface area contributed by atoms with E-state index in [0.29, 0.717) is 10.3 Å². The van der Waals surface area contributed by atoms with Crippen molar-refractivity contribution in [3.8, 4) is 0 Å². The van der Waals surface area contributed by atoms with Crippen LogP contribution in [0.25, 0.3) is 0 Å². The standard InChI is InChI=1S/C14H30P2/c1-3-5-9-13(10-6-4-2)11-7-8-12-14(13,15)16/h3-12,15-16H2,1-2H3. The van der Waals surface area contributed by atoms with E-state index < -0.39 is 0 Å². The molecule has 0 bridgehead atoms. The lowest BCUT2D eigenvalue weighted by Gasteiger charge is -2.51. The van der Waals surface area contributed by atoms with Crippen LogP contribution in [0.4, 0.5) is 0 Å². The monoisotopic (exact) mass is 260 g/mol. The average molecular weight is 260 g/mol. The smallest absolute Gasteiger partial charge is 0.00487 e. The van der Waals surface area contributed by atoms with E-state index in [2.05, 4.69) is 32.3 Å². The first-order valence-corrected chi connectivity index (χ1v) is 8.31. The normalized spacial score (nSPS) is 23.2. The Morgan fingerprint density at radius 1 is 0.875 bits per heavy atom. The van der Waals surface area contributed by atoms with E-state index in [4.69, 9.17) is 0 Å². The molecular formula is C14H30P2. The summed E-state index contributed by atoms with van der Waals surface area (Å²) >= 11 is 0. The van der Waals surface area contributed by atoms with Gasteiger partial charge in [-0.25, -0.2) is 0 Å². The van der Waals surface area contributed by atoms with Crippen molar-refractivity contribution in [3.63, 3.8) is 0 Å². The second-order valence-electron chi connectivity index (χ2n) is 5.73. The summed E-state index contributed by atoms with van der Waals surface area (Å²) in [5, 5.41) is 0. The van der Waals surface area contributed by atoms with E-state index >= 15 is 0 Å². The van der Waals surface area contributed by atoms with Gasteiger partial charge >= 0.3 is 0 Å². The fourth-order valence-electron chi connectivity index (χ4n) is 3.25. The molecule has 96 valence electrons. The second kappa shape index (κ2) is 6.70. The fourth-order valence-corrected chi connectivity index (χ4v) is 4.52. The molecule has 1 saturated carbocycles. The SMILES string of the molecule is CCCCC1(CCCC)CCCCC1(P)P. The third kappa shape index (κ3) is 3.43. The van der Waals surface area contributed by atoms with Gasteiger partial charge in [0.2, 0.25) is 0 Å². The number of rotatable bonds is 6. The van der Waals surface area contributed by atoms with Gasteiger partial charge in [-0.05, 0) is 31.1 Å². The lowest BCUT2D eigenvalue weighted by Crippen LogP contribution is -2.41. The van der Waals surface area contributed by atoms with Crippen LogP contribution in [0.1, 0.15) is 78.1 Å². The molecule has 0 spiro atoms. The Bertz CT molecular complexity index is 191. The van der Waals surface area contributed by atoms with Crippen molar-refractivity contribution < 1.29 is 0 Å². The lowest BCUT2D eigenvalue weighted by atomic mass is 9.67. The third-order valence-corrected chi connectivity index (χ3v) is 6.30. The summed E-state index contributed by atoms with van der Waals surface area (Å²) in [6, 6.07) is 0. The van der Waals surface area contributed by atoms with Crippen LogP contribution in [-0.2, 0) is 0 Å². The van der Waals surface area contributed by atoms with E-state index in [0.717, 1.165) is 0 Å². The van der Waals surface area contributed by atoms with Crippen molar-refractivity contribution >= 4 is 18.5 Å². The van der Waals surface area contributed by atoms with Gasteiger partial charge in [-0.1, -0.05) is 52.4 Å². The highest BCUT2D eigenvalue weighted by Gasteiger charge is 2.45. The van der Waals surface area contributed by atoms with Crippen LogP contribution in [0.2, 0.25) is 0 Å². The van der Waals surface area contributed by atoms with Crippen molar-refractivity contribution in [1.82, 2.24) is 0 Å². The van der Waals surface area contributed by atoms with E-state index in [9.17, 15) is 0 Å². The Balaban J connectivity index is 2.73. The molecule has 1 fully saturated rings. The maximum Gasteiger partial charge on any atom is 0.00487 e. The first kappa shape index (κ1) is 14.9. The van der Waals surface area contributed by atoms with Gasteiger partial charge in [-0.2, -0.15) is 0 Å². The van der Waals surface area contributed by atoms with Crippen molar-refractivity contribution in [1.29, 1.82) is 0 Å². The Labute approximate surface area is 107 Å². The van der Waals surface area contributed by atoms with Crippen LogP contribution in [0.3, 0.4) is 0 Å². The quantitative estimate of drug-likeness (QED) is 0.563. The number of hydrogen-bond donors (Lipinski definition) is 0. The molecule has 0 aliphatic heterocycles. The van der Waals surface area contributed by atoms with Gasteiger partial charge in [0.15, 0.2) is 0 Å². The maximum absolute atomic E-state index is 3.19. The highest BCUT2D eigenvalue weighted by molar-refractivity contribution is 7.40. The zero-order valence-corrected chi connectivity index (χ0v) is 13.5. The molecule has 0 amide bonds. The molecule has 0 aromatic heterocycles. The van der Waals surface area contributed by atoms with Gasteiger partial charge in [0.1, 0.15) is 0 Å². The van der Waals surface area contributed by atoms with Crippen LogP contribution >= 0.6 is 18.5 Å². The minimum Gasteiger partial charge on any atom is -0.126 e. The summed E-state index contributed by atoms with van der Waals surface area (Å²) < 4.78 is 0. The molecule has 1 aliphatic rings. The largest absolute Gasteiger partial charge is 0.126 e. The first-order valence-electron chi connectivity index (χ1n) is 7.16. The van der Waals surface area contributed by atoms with Gasteiger partial charge in [-0.3, -0.25) is 0 Å². The Hall–Kier alpha value is 0.860. The van der Waals surface area contributed by atoms with Gasteiger partial charge in [-0.15, -0.1) is 18.5 Å². The zero-order chi connectivity index (χ0) is 12.1. The van der Waals surface area contributed by atoms with E-state index in [1.165, 1.54) is 64.2 Å². The molecule has 1 aliphatic carbocycles. The summed E-state index contributed by atoms with van der Waals surface area (Å²) in [5.41, 5.74) is 0.604. The molecule has 0 aromatic rings. The van der Waals surface area contributed by atoms with Crippen molar-refractivity contribution in [3.05, 3.63) is 0 Å². The molecule has 16 heavy (non-hydrogen) atoms. The van der Waals surface area contributed by atoms with E-state index in [1.807, 2.05) is 0 Å². The van der Waals surface area contributed by atoms with Gasteiger partial charge in [0.05, 0.1) is 0 Å². The average Bonchev–Trinajstić information content (AvgIpc) is 2.26. The predicted molar refractivity (Wildman–Crippen MR) is 82.1 cm³/mol. The molecule has 0 heterocycles. The minimum absolute atomic E-state index is 0.426. The third-order valence-electron chi connectivity index (χ3n) is 4.50. The van der Waals surface area contributed by atoms with Crippen LogP contribution < -0.4 is 0 Å². The van der Waals surface area contributed by atoms with Gasteiger partial charge in [0, 0.05) is 4.90 Å². The van der Waals surface area contributed by atoms with Crippen LogP contribution in [-0.4, -0.2) is 4.90 Å². The summed E-state index contributed by atoms with van der Waals surface area (Å²) in [6.45, 7) is 4.65. The Kier molecular flexibility index (Phi) is 6.25. The van der Waals surface area contributed by atoms with Gasteiger partial charge in [0.25, 0.3) is 0 Å². The molecule has 1 rings (SSSR count).